The Hall–Kier alpha value is -2.77. The van der Waals surface area contributed by atoms with Gasteiger partial charge < -0.3 is 20.7 Å². The number of carbonyl (C=O) groups excluding carboxylic acids is 1. The lowest BCUT2D eigenvalue weighted by molar-refractivity contribution is -0.136. The van der Waals surface area contributed by atoms with Crippen LogP contribution in [0.25, 0.3) is 11.0 Å². The van der Waals surface area contributed by atoms with Crippen LogP contribution in [0.1, 0.15) is 6.42 Å². The van der Waals surface area contributed by atoms with Gasteiger partial charge in [0.2, 0.25) is 0 Å². The van der Waals surface area contributed by atoms with Crippen molar-refractivity contribution in [2.45, 2.75) is 13.0 Å². The normalized spacial score (nSPS) is 10.5. The third kappa shape index (κ3) is 3.85. The molecule has 1 aromatic heterocycles. The molecule has 0 aliphatic heterocycles. The summed E-state index contributed by atoms with van der Waals surface area (Å²) in [7, 11) is 0. The second-order valence-corrected chi connectivity index (χ2v) is 4.43. The number of nitrogens with one attached hydrogen (secondary N) is 3. The van der Waals surface area contributed by atoms with Gasteiger partial charge in [-0.1, -0.05) is 12.1 Å². The van der Waals surface area contributed by atoms with Crippen molar-refractivity contribution in [1.29, 1.82) is 0 Å². The molecule has 0 saturated carbocycles. The summed E-state index contributed by atoms with van der Waals surface area (Å²) in [5.74, 6) is -0.972. The van der Waals surface area contributed by atoms with Crippen LogP contribution in [0, 0.1) is 0 Å². The lowest BCUT2D eigenvalue weighted by atomic mass is 10.3. The molecular formula is C13H16N4O4. The van der Waals surface area contributed by atoms with Gasteiger partial charge in [0.25, 0.3) is 0 Å². The highest BCUT2D eigenvalue weighted by atomic mass is 16.4. The first kappa shape index (κ1) is 14.6. The number of para-hydroxylation sites is 2. The van der Waals surface area contributed by atoms with Gasteiger partial charge in [0.05, 0.1) is 17.5 Å². The number of benzene rings is 1. The number of imidazole rings is 1. The molecule has 1 aromatic carbocycles. The number of aromatic nitrogens is 2. The number of H-pyrrole nitrogens is 1. The molecule has 0 aliphatic carbocycles. The molecule has 0 unspecified atom stereocenters. The number of urea groups is 1. The number of aromatic amines is 1. The highest BCUT2D eigenvalue weighted by Crippen LogP contribution is 2.08. The van der Waals surface area contributed by atoms with E-state index in [0.717, 1.165) is 11.0 Å². The molecule has 2 aromatic rings. The maximum Gasteiger partial charge on any atom is 0.326 e. The molecule has 0 saturated heterocycles. The van der Waals surface area contributed by atoms with Gasteiger partial charge in [-0.2, -0.15) is 0 Å². The van der Waals surface area contributed by atoms with Crippen LogP contribution in [-0.2, 0) is 11.3 Å². The van der Waals surface area contributed by atoms with Crippen LogP contribution in [0.15, 0.2) is 29.1 Å². The van der Waals surface area contributed by atoms with Crippen LogP contribution in [0.2, 0.25) is 0 Å². The second kappa shape index (κ2) is 6.60. The molecule has 4 N–H and O–H groups in total. The molecule has 2 rings (SSSR count). The zero-order valence-electron chi connectivity index (χ0n) is 11.3. The Bertz CT molecular complexity index is 704. The first-order valence-corrected chi connectivity index (χ1v) is 6.49. The molecule has 0 spiro atoms. The molecule has 8 heteroatoms. The lowest BCUT2D eigenvalue weighted by Gasteiger charge is -2.07. The first-order chi connectivity index (χ1) is 10.1. The van der Waals surface area contributed by atoms with E-state index in [1.54, 1.807) is 6.07 Å². The number of carboxylic acid groups (broad SMARTS) is 1. The summed E-state index contributed by atoms with van der Waals surface area (Å²) in [6.45, 7) is 0.657. The number of nitrogens with zero attached hydrogens (tertiary/aromatic N) is 1. The van der Waals surface area contributed by atoms with Crippen LogP contribution < -0.4 is 16.3 Å². The molecular weight excluding hydrogens is 276 g/mol. The molecule has 0 fully saturated rings. The van der Waals surface area contributed by atoms with Crippen molar-refractivity contribution in [2.24, 2.45) is 0 Å². The third-order valence-corrected chi connectivity index (χ3v) is 2.93. The number of hydrogen-bond acceptors (Lipinski definition) is 3. The predicted octanol–water partition coefficient (Wildman–Crippen LogP) is 0.104. The number of carboxylic acids is 1. The summed E-state index contributed by atoms with van der Waals surface area (Å²) in [5, 5.41) is 13.4. The fraction of sp³-hybridized carbons (Fsp3) is 0.308. The highest BCUT2D eigenvalue weighted by molar-refractivity contribution is 5.76. The quantitative estimate of drug-likeness (QED) is 0.604. The van der Waals surface area contributed by atoms with Gasteiger partial charge in [-0.25, -0.2) is 9.59 Å². The summed E-state index contributed by atoms with van der Waals surface area (Å²) < 4.78 is 1.53. The van der Waals surface area contributed by atoms with Gasteiger partial charge in [-0.3, -0.25) is 9.36 Å². The molecule has 8 nitrogen and oxygen atoms in total. The summed E-state index contributed by atoms with van der Waals surface area (Å²) in [6, 6.07) is 6.83. The van der Waals surface area contributed by atoms with E-state index in [1.165, 1.54) is 4.57 Å². The minimum Gasteiger partial charge on any atom is -0.481 e. The van der Waals surface area contributed by atoms with Crippen molar-refractivity contribution in [2.75, 3.05) is 13.1 Å². The van der Waals surface area contributed by atoms with Crippen molar-refractivity contribution >= 4 is 23.0 Å². The molecule has 2 amide bonds. The first-order valence-electron chi connectivity index (χ1n) is 6.49. The van der Waals surface area contributed by atoms with Crippen LogP contribution in [0.3, 0.4) is 0 Å². The lowest BCUT2D eigenvalue weighted by Crippen LogP contribution is -2.38. The van der Waals surface area contributed by atoms with E-state index in [4.69, 9.17) is 5.11 Å². The Kier molecular flexibility index (Phi) is 4.60. The zero-order chi connectivity index (χ0) is 15.2. The van der Waals surface area contributed by atoms with Gasteiger partial charge in [0.15, 0.2) is 0 Å². The maximum atomic E-state index is 11.8. The SMILES string of the molecule is O=C(O)CCNC(=O)NCCn1c(=O)[nH]c2ccccc21. The van der Waals surface area contributed by atoms with Gasteiger partial charge in [-0.15, -0.1) is 0 Å². The van der Waals surface area contributed by atoms with Gasteiger partial charge in [0.1, 0.15) is 0 Å². The standard InChI is InChI=1S/C13H16N4O4/c18-11(19)5-6-14-12(20)15-7-8-17-10-4-2-1-3-9(10)16-13(17)21/h1-4H,5-8H2,(H,16,21)(H,18,19)(H2,14,15,20). The molecule has 0 bridgehead atoms. The van der Waals surface area contributed by atoms with E-state index in [0.29, 0.717) is 6.54 Å². The van der Waals surface area contributed by atoms with E-state index in [9.17, 15) is 14.4 Å². The largest absolute Gasteiger partial charge is 0.481 e. The number of rotatable bonds is 6. The Morgan fingerprint density at radius 2 is 1.90 bits per heavy atom. The Morgan fingerprint density at radius 1 is 1.19 bits per heavy atom. The second-order valence-electron chi connectivity index (χ2n) is 4.43. The van der Waals surface area contributed by atoms with Crippen molar-refractivity contribution < 1.29 is 14.7 Å². The van der Waals surface area contributed by atoms with Crippen LogP contribution in [0.5, 0.6) is 0 Å². The zero-order valence-corrected chi connectivity index (χ0v) is 11.3. The minimum absolute atomic E-state index is 0.0637. The van der Waals surface area contributed by atoms with Crippen LogP contribution in [0.4, 0.5) is 4.79 Å². The average Bonchev–Trinajstić information content (AvgIpc) is 2.75. The monoisotopic (exact) mass is 292 g/mol. The van der Waals surface area contributed by atoms with Gasteiger partial charge in [0, 0.05) is 19.6 Å². The number of carbonyl (C=O) groups is 2. The van der Waals surface area contributed by atoms with Crippen molar-refractivity contribution in [3.05, 3.63) is 34.7 Å². The predicted molar refractivity (Wildman–Crippen MR) is 76.2 cm³/mol. The fourth-order valence-electron chi connectivity index (χ4n) is 1.96. The third-order valence-electron chi connectivity index (χ3n) is 2.93. The van der Waals surface area contributed by atoms with E-state index >= 15 is 0 Å². The van der Waals surface area contributed by atoms with Crippen molar-refractivity contribution in [1.82, 2.24) is 20.2 Å². The summed E-state index contributed by atoms with van der Waals surface area (Å²) in [5.41, 5.74) is 1.29. The smallest absolute Gasteiger partial charge is 0.326 e. The maximum absolute atomic E-state index is 11.8. The molecule has 112 valence electrons. The number of amides is 2. The van der Waals surface area contributed by atoms with E-state index < -0.39 is 12.0 Å². The van der Waals surface area contributed by atoms with Crippen molar-refractivity contribution in [3.8, 4) is 0 Å². The minimum atomic E-state index is -0.972. The highest BCUT2D eigenvalue weighted by Gasteiger charge is 2.06. The van der Waals surface area contributed by atoms with Crippen LogP contribution in [-0.4, -0.2) is 39.7 Å². The Balaban J connectivity index is 1.85. The fourth-order valence-corrected chi connectivity index (χ4v) is 1.96. The molecule has 21 heavy (non-hydrogen) atoms. The average molecular weight is 292 g/mol. The molecule has 1 heterocycles. The van der Waals surface area contributed by atoms with Crippen LogP contribution >= 0.6 is 0 Å². The van der Waals surface area contributed by atoms with Gasteiger partial charge >= 0.3 is 17.7 Å². The van der Waals surface area contributed by atoms with E-state index in [-0.39, 0.29) is 25.2 Å². The molecule has 0 radical (unpaired) electrons. The number of hydrogen-bond donors (Lipinski definition) is 4. The number of fused-ring (bicyclic) bond motifs is 1. The molecule has 0 aliphatic rings. The summed E-state index contributed by atoms with van der Waals surface area (Å²) in [6.07, 6.45) is -0.130. The summed E-state index contributed by atoms with van der Waals surface area (Å²) in [4.78, 5) is 36.2. The van der Waals surface area contributed by atoms with Gasteiger partial charge in [-0.05, 0) is 12.1 Å². The van der Waals surface area contributed by atoms with Crippen molar-refractivity contribution in [3.63, 3.8) is 0 Å². The topological polar surface area (TPSA) is 116 Å². The van der Waals surface area contributed by atoms with E-state index in [1.807, 2.05) is 18.2 Å². The Morgan fingerprint density at radius 3 is 2.67 bits per heavy atom. The number of aliphatic carboxylic acids is 1. The Labute approximate surface area is 119 Å². The summed E-state index contributed by atoms with van der Waals surface area (Å²) >= 11 is 0. The molecule has 0 atom stereocenters. The van der Waals surface area contributed by atoms with E-state index in [2.05, 4.69) is 15.6 Å².